The summed E-state index contributed by atoms with van der Waals surface area (Å²) in [6.45, 7) is 8.79. The molecule has 190 valence electrons. The summed E-state index contributed by atoms with van der Waals surface area (Å²) >= 11 is 0. The molecule has 0 radical (unpaired) electrons. The van der Waals surface area contributed by atoms with E-state index in [0.717, 1.165) is 5.57 Å². The minimum absolute atomic E-state index is 0.125. The second kappa shape index (κ2) is 12.4. The lowest BCUT2D eigenvalue weighted by molar-refractivity contribution is 0.181. The molecule has 3 aromatic carbocycles. The second-order valence-corrected chi connectivity index (χ2v) is 14.6. The summed E-state index contributed by atoms with van der Waals surface area (Å²) in [4.78, 5) is 0. The second-order valence-electron chi connectivity index (χ2n) is 10.3. The van der Waals surface area contributed by atoms with Crippen molar-refractivity contribution < 1.29 is 19.7 Å². The molecule has 0 fully saturated rings. The zero-order valence-electron chi connectivity index (χ0n) is 21.7. The van der Waals surface area contributed by atoms with Crippen LogP contribution < -0.4 is 10.4 Å². The summed E-state index contributed by atoms with van der Waals surface area (Å²) in [6.07, 6.45) is 1.26. The minimum atomic E-state index is -2.72. The number of phenols is 1. The molecule has 0 bridgehead atoms. The van der Waals surface area contributed by atoms with Crippen LogP contribution in [0.3, 0.4) is 0 Å². The van der Waals surface area contributed by atoms with E-state index in [-0.39, 0.29) is 10.8 Å². The summed E-state index contributed by atoms with van der Waals surface area (Å²) in [5.74, 6) is 0.125. The van der Waals surface area contributed by atoms with Crippen LogP contribution in [-0.4, -0.2) is 36.3 Å². The van der Waals surface area contributed by atoms with Crippen LogP contribution in [0.5, 0.6) is 5.75 Å². The Kier molecular flexibility index (Phi) is 9.49. The largest absolute Gasteiger partial charge is 0.508 e. The van der Waals surface area contributed by atoms with E-state index < -0.39 is 20.5 Å². The fourth-order valence-corrected chi connectivity index (χ4v) is 9.20. The quantitative estimate of drug-likeness (QED) is 0.262. The number of aliphatic hydroxyl groups excluding tert-OH is 2. The minimum Gasteiger partial charge on any atom is -0.508 e. The number of phenolic OH excluding ortho intramolecular Hbond substituents is 1. The van der Waals surface area contributed by atoms with Crippen molar-refractivity contribution >= 4 is 18.7 Å². The molecule has 0 amide bonds. The Morgan fingerprint density at radius 1 is 0.917 bits per heavy atom. The van der Waals surface area contributed by atoms with Crippen molar-refractivity contribution in [2.45, 2.75) is 57.8 Å². The zero-order chi connectivity index (χ0) is 26.2. The number of aliphatic hydroxyl groups is 2. The Hall–Kier alpha value is -2.92. The van der Waals surface area contributed by atoms with Gasteiger partial charge in [0.25, 0.3) is 8.32 Å². The third kappa shape index (κ3) is 6.85. The highest BCUT2D eigenvalue weighted by molar-refractivity contribution is 6.99. The highest BCUT2D eigenvalue weighted by atomic mass is 28.4. The molecule has 3 rings (SSSR count). The van der Waals surface area contributed by atoms with Gasteiger partial charge in [0.05, 0.1) is 18.8 Å². The normalized spacial score (nSPS) is 13.5. The molecule has 3 N–H and O–H groups in total. The first-order valence-electron chi connectivity index (χ1n) is 12.5. The molecule has 0 aromatic heterocycles. The lowest BCUT2D eigenvalue weighted by Gasteiger charge is -2.43. The number of aromatic hydroxyl groups is 1. The summed E-state index contributed by atoms with van der Waals surface area (Å²) in [5.41, 5.74) is 4.79. The summed E-state index contributed by atoms with van der Waals surface area (Å²) in [7, 11) is -2.72. The number of hydrogen-bond acceptors (Lipinski definition) is 4. The first-order valence-corrected chi connectivity index (χ1v) is 14.4. The van der Waals surface area contributed by atoms with Gasteiger partial charge < -0.3 is 19.7 Å². The number of benzene rings is 3. The first kappa shape index (κ1) is 27.7. The molecule has 0 saturated carbocycles. The van der Waals surface area contributed by atoms with Gasteiger partial charge in [0, 0.05) is 12.8 Å². The van der Waals surface area contributed by atoms with E-state index in [1.807, 2.05) is 12.1 Å². The molecule has 2 atom stereocenters. The van der Waals surface area contributed by atoms with E-state index in [0.29, 0.717) is 25.0 Å². The Labute approximate surface area is 216 Å². The van der Waals surface area contributed by atoms with Crippen LogP contribution >= 0.6 is 0 Å². The van der Waals surface area contributed by atoms with Gasteiger partial charge in [-0.05, 0) is 51.7 Å². The van der Waals surface area contributed by atoms with Gasteiger partial charge in [-0.2, -0.15) is 0 Å². The Morgan fingerprint density at radius 2 is 1.50 bits per heavy atom. The molecule has 0 heterocycles. The maximum Gasteiger partial charge on any atom is 0.261 e. The lowest BCUT2D eigenvalue weighted by Crippen LogP contribution is -2.66. The molecule has 3 aromatic rings. The van der Waals surface area contributed by atoms with E-state index in [2.05, 4.69) is 75.0 Å². The van der Waals surface area contributed by atoms with E-state index in [9.17, 15) is 15.3 Å². The summed E-state index contributed by atoms with van der Waals surface area (Å²) < 4.78 is 7.00. The molecular formula is C31H38O4Si. The molecular weight excluding hydrogens is 464 g/mol. The molecule has 5 heteroatoms. The maximum atomic E-state index is 10.5. The van der Waals surface area contributed by atoms with E-state index >= 15 is 0 Å². The smallest absolute Gasteiger partial charge is 0.261 e. The summed E-state index contributed by atoms with van der Waals surface area (Å²) in [5, 5.41) is 32.6. The Bertz CT molecular complexity index is 1120. The third-order valence-corrected chi connectivity index (χ3v) is 11.3. The Morgan fingerprint density at radius 3 is 2.00 bits per heavy atom. The molecule has 0 saturated heterocycles. The van der Waals surface area contributed by atoms with Gasteiger partial charge in [0.2, 0.25) is 0 Å². The van der Waals surface area contributed by atoms with E-state index in [1.165, 1.54) is 10.4 Å². The van der Waals surface area contributed by atoms with Crippen LogP contribution in [-0.2, 0) is 4.43 Å². The molecule has 4 nitrogen and oxygen atoms in total. The van der Waals surface area contributed by atoms with Crippen molar-refractivity contribution in [1.29, 1.82) is 0 Å². The van der Waals surface area contributed by atoms with Crippen molar-refractivity contribution in [3.8, 4) is 5.75 Å². The molecule has 36 heavy (non-hydrogen) atoms. The van der Waals surface area contributed by atoms with Crippen LogP contribution in [0.25, 0.3) is 0 Å². The van der Waals surface area contributed by atoms with Gasteiger partial charge in [0.1, 0.15) is 5.75 Å². The van der Waals surface area contributed by atoms with Crippen molar-refractivity contribution in [2.24, 2.45) is 0 Å². The average Bonchev–Trinajstić information content (AvgIpc) is 2.84. The maximum absolute atomic E-state index is 10.5. The first-order chi connectivity index (χ1) is 17.1. The van der Waals surface area contributed by atoms with Gasteiger partial charge in [-0.15, -0.1) is 5.73 Å². The van der Waals surface area contributed by atoms with Crippen molar-refractivity contribution in [1.82, 2.24) is 0 Å². The molecule has 0 aliphatic carbocycles. The van der Waals surface area contributed by atoms with Crippen LogP contribution in [0.1, 0.15) is 52.2 Å². The van der Waals surface area contributed by atoms with Crippen molar-refractivity contribution in [3.63, 3.8) is 0 Å². The predicted octanol–water partition coefficient (Wildman–Crippen LogP) is 5.24. The van der Waals surface area contributed by atoms with Gasteiger partial charge >= 0.3 is 0 Å². The fourth-order valence-electron chi connectivity index (χ4n) is 4.66. The van der Waals surface area contributed by atoms with E-state index in [1.54, 1.807) is 37.3 Å². The third-order valence-electron chi connectivity index (χ3n) is 6.32. The molecule has 0 aliphatic heterocycles. The fraction of sp³-hybridized carbons (Fsp3) is 0.323. The number of rotatable bonds is 10. The molecule has 0 unspecified atom stereocenters. The van der Waals surface area contributed by atoms with Crippen LogP contribution in [0.4, 0.5) is 0 Å². The van der Waals surface area contributed by atoms with Crippen molar-refractivity contribution in [2.75, 3.05) is 6.61 Å². The average molecular weight is 503 g/mol. The van der Waals surface area contributed by atoms with E-state index in [4.69, 9.17) is 4.43 Å². The topological polar surface area (TPSA) is 69.9 Å². The van der Waals surface area contributed by atoms with Crippen LogP contribution in [0.2, 0.25) is 5.04 Å². The highest BCUT2D eigenvalue weighted by Crippen LogP contribution is 2.37. The van der Waals surface area contributed by atoms with Gasteiger partial charge in [-0.1, -0.05) is 93.6 Å². The SMILES string of the molecule is C[C@H](O)CC(=C=CC[C@@H](O)c1cccc(O)c1)CO[Si](c1ccccc1)(c1ccccc1)C(C)(C)C. The molecule has 0 aliphatic rings. The molecule has 0 spiro atoms. The van der Waals surface area contributed by atoms with Crippen LogP contribution in [0, 0.1) is 0 Å². The van der Waals surface area contributed by atoms with Crippen LogP contribution in [0.15, 0.2) is 102 Å². The van der Waals surface area contributed by atoms with Gasteiger partial charge in [0.15, 0.2) is 0 Å². The van der Waals surface area contributed by atoms with Crippen molar-refractivity contribution in [3.05, 3.63) is 108 Å². The predicted molar refractivity (Wildman–Crippen MR) is 149 cm³/mol. The standard InChI is InChI=1S/C31H38O4Si/c1-24(32)21-25(13-11-20-30(34)26-14-12-15-27(33)22-26)23-35-36(31(2,3)4,28-16-7-5-8-17-28)29-18-9-6-10-19-29/h5-12,14-19,22,24,30,32-34H,20-21,23H2,1-4H3/t13?,24-,30+/m0/s1. The monoisotopic (exact) mass is 502 g/mol. The lowest BCUT2D eigenvalue weighted by atomic mass is 10.1. The highest BCUT2D eigenvalue weighted by Gasteiger charge is 2.50. The number of hydrogen-bond donors (Lipinski definition) is 3. The van der Waals surface area contributed by atoms with Gasteiger partial charge in [-0.3, -0.25) is 0 Å². The zero-order valence-corrected chi connectivity index (χ0v) is 22.7. The summed E-state index contributed by atoms with van der Waals surface area (Å²) in [6, 6.07) is 27.5. The Balaban J connectivity index is 1.95. The van der Waals surface area contributed by atoms with Gasteiger partial charge in [-0.25, -0.2) is 0 Å².